The van der Waals surface area contributed by atoms with Crippen LogP contribution in [0.5, 0.6) is 0 Å². The van der Waals surface area contributed by atoms with Crippen molar-refractivity contribution in [2.75, 3.05) is 24.5 Å². The quantitative estimate of drug-likeness (QED) is 0.676. The van der Waals surface area contributed by atoms with Crippen LogP contribution in [0.25, 0.3) is 5.69 Å². The van der Waals surface area contributed by atoms with Gasteiger partial charge in [-0.25, -0.2) is 9.37 Å². The second-order valence-electron chi connectivity index (χ2n) is 7.52. The van der Waals surface area contributed by atoms with Crippen molar-refractivity contribution >= 4 is 11.7 Å². The second kappa shape index (κ2) is 6.91. The van der Waals surface area contributed by atoms with Gasteiger partial charge in [0.25, 0.3) is 5.91 Å². The summed E-state index contributed by atoms with van der Waals surface area (Å²) in [6, 6.07) is 4.31. The van der Waals surface area contributed by atoms with Crippen molar-refractivity contribution in [1.82, 2.24) is 29.9 Å². The number of nitrogens with zero attached hydrogens (tertiary/aromatic N) is 7. The largest absolute Gasteiger partial charge is 0.350 e. The van der Waals surface area contributed by atoms with Crippen LogP contribution in [0.1, 0.15) is 22.5 Å². The summed E-state index contributed by atoms with van der Waals surface area (Å²) >= 11 is 0. The molecule has 0 aliphatic carbocycles. The molecule has 9 heteroatoms. The van der Waals surface area contributed by atoms with Crippen molar-refractivity contribution in [3.63, 3.8) is 0 Å². The number of anilines is 1. The Morgan fingerprint density at radius 1 is 1.17 bits per heavy atom. The maximum absolute atomic E-state index is 13.9. The van der Waals surface area contributed by atoms with Crippen LogP contribution in [0.2, 0.25) is 0 Å². The van der Waals surface area contributed by atoms with Crippen LogP contribution >= 0.6 is 0 Å². The summed E-state index contributed by atoms with van der Waals surface area (Å²) in [5, 5.41) is 8.18. The molecule has 3 aromatic rings. The highest BCUT2D eigenvalue weighted by molar-refractivity contribution is 5.97. The molecule has 0 spiro atoms. The molecule has 29 heavy (non-hydrogen) atoms. The third-order valence-electron chi connectivity index (χ3n) is 5.70. The molecule has 2 saturated heterocycles. The lowest BCUT2D eigenvalue weighted by Crippen LogP contribution is -2.65. The Bertz CT molecular complexity index is 1050. The predicted molar refractivity (Wildman–Crippen MR) is 103 cm³/mol. The number of carbonyl (C=O) groups excluding carboxylic acids is 1. The summed E-state index contributed by atoms with van der Waals surface area (Å²) in [4.78, 5) is 27.4. The number of piperidine rings is 1. The molecule has 0 saturated carbocycles. The van der Waals surface area contributed by atoms with Crippen molar-refractivity contribution < 1.29 is 9.18 Å². The SMILES string of the molecule is Cc1cncc(N2CC3CCN(C(=O)c4cc(F)ccc4-n4nccn4)CC32)n1. The van der Waals surface area contributed by atoms with Gasteiger partial charge in [-0.3, -0.25) is 9.78 Å². The smallest absolute Gasteiger partial charge is 0.256 e. The summed E-state index contributed by atoms with van der Waals surface area (Å²) < 4.78 is 13.9. The minimum atomic E-state index is -0.459. The normalized spacial score (nSPS) is 20.9. The molecular weight excluding hydrogens is 373 g/mol. The van der Waals surface area contributed by atoms with Gasteiger partial charge in [-0.15, -0.1) is 0 Å². The average molecular weight is 393 g/mol. The van der Waals surface area contributed by atoms with Gasteiger partial charge in [0.2, 0.25) is 0 Å². The zero-order valence-electron chi connectivity index (χ0n) is 15.9. The minimum Gasteiger partial charge on any atom is -0.350 e. The molecule has 2 aliphatic heterocycles. The third-order valence-corrected chi connectivity index (χ3v) is 5.70. The van der Waals surface area contributed by atoms with E-state index in [2.05, 4.69) is 25.1 Å². The monoisotopic (exact) mass is 393 g/mol. The van der Waals surface area contributed by atoms with Crippen molar-refractivity contribution in [2.45, 2.75) is 19.4 Å². The van der Waals surface area contributed by atoms with Crippen LogP contribution < -0.4 is 4.90 Å². The molecule has 2 fully saturated rings. The highest BCUT2D eigenvalue weighted by atomic mass is 19.1. The number of hydrogen-bond acceptors (Lipinski definition) is 6. The number of aryl methyl sites for hydroxylation is 1. The van der Waals surface area contributed by atoms with Crippen LogP contribution in [0.3, 0.4) is 0 Å². The van der Waals surface area contributed by atoms with Crippen molar-refractivity contribution in [3.8, 4) is 5.69 Å². The highest BCUT2D eigenvalue weighted by Crippen LogP contribution is 2.36. The van der Waals surface area contributed by atoms with E-state index in [1.807, 2.05) is 6.92 Å². The van der Waals surface area contributed by atoms with Crippen molar-refractivity contribution in [2.24, 2.45) is 5.92 Å². The number of halogens is 1. The van der Waals surface area contributed by atoms with Gasteiger partial charge in [-0.05, 0) is 31.5 Å². The van der Waals surface area contributed by atoms with Crippen LogP contribution in [-0.4, -0.2) is 61.4 Å². The summed E-state index contributed by atoms with van der Waals surface area (Å²) in [7, 11) is 0. The molecule has 8 nitrogen and oxygen atoms in total. The number of hydrogen-bond donors (Lipinski definition) is 0. The number of aromatic nitrogens is 5. The van der Waals surface area contributed by atoms with E-state index in [-0.39, 0.29) is 17.5 Å². The van der Waals surface area contributed by atoms with E-state index in [9.17, 15) is 9.18 Å². The molecule has 5 rings (SSSR count). The topological polar surface area (TPSA) is 80.0 Å². The van der Waals surface area contributed by atoms with Crippen LogP contribution in [0, 0.1) is 18.7 Å². The Morgan fingerprint density at radius 2 is 2.00 bits per heavy atom. The van der Waals surface area contributed by atoms with Gasteiger partial charge >= 0.3 is 0 Å². The van der Waals surface area contributed by atoms with Gasteiger partial charge in [-0.2, -0.15) is 15.0 Å². The molecular formula is C20H20FN7O. The standard InChI is InChI=1S/C20H20FN7O/c1-13-9-22-10-19(25-13)27-11-14-4-7-26(12-18(14)27)20(29)16-8-15(21)2-3-17(16)28-23-5-6-24-28/h2-3,5-6,8-10,14,18H,4,7,11-12H2,1H3. The van der Waals surface area contributed by atoms with Gasteiger partial charge in [0, 0.05) is 31.7 Å². The zero-order valence-corrected chi connectivity index (χ0v) is 15.9. The minimum absolute atomic E-state index is 0.198. The van der Waals surface area contributed by atoms with E-state index in [1.54, 1.807) is 17.3 Å². The lowest BCUT2D eigenvalue weighted by molar-refractivity contribution is 0.0590. The Morgan fingerprint density at radius 3 is 2.79 bits per heavy atom. The molecule has 2 unspecified atom stereocenters. The predicted octanol–water partition coefficient (Wildman–Crippen LogP) is 1.86. The maximum Gasteiger partial charge on any atom is 0.256 e. The first kappa shape index (κ1) is 17.7. The Hall–Kier alpha value is -3.36. The Kier molecular flexibility index (Phi) is 4.22. The fourth-order valence-electron chi connectivity index (χ4n) is 4.20. The second-order valence-corrected chi connectivity index (χ2v) is 7.52. The average Bonchev–Trinajstić information content (AvgIpc) is 3.23. The third kappa shape index (κ3) is 3.12. The number of amides is 1. The van der Waals surface area contributed by atoms with Gasteiger partial charge in [0.1, 0.15) is 11.6 Å². The van der Waals surface area contributed by atoms with E-state index in [1.165, 1.54) is 35.4 Å². The summed E-state index contributed by atoms with van der Waals surface area (Å²) in [6.45, 7) is 4.06. The van der Waals surface area contributed by atoms with E-state index in [4.69, 9.17) is 0 Å². The van der Waals surface area contributed by atoms with Gasteiger partial charge in [0.05, 0.1) is 41.6 Å². The van der Waals surface area contributed by atoms with Gasteiger partial charge < -0.3 is 9.80 Å². The van der Waals surface area contributed by atoms with Gasteiger partial charge in [-0.1, -0.05) is 0 Å². The number of rotatable bonds is 3. The molecule has 0 N–H and O–H groups in total. The number of carbonyl (C=O) groups is 1. The molecule has 148 valence electrons. The number of benzene rings is 1. The molecule has 1 amide bonds. The number of fused-ring (bicyclic) bond motifs is 1. The Labute approximate surface area is 167 Å². The molecule has 2 aromatic heterocycles. The van der Waals surface area contributed by atoms with E-state index >= 15 is 0 Å². The first-order valence-corrected chi connectivity index (χ1v) is 9.61. The first-order chi connectivity index (χ1) is 14.1. The first-order valence-electron chi connectivity index (χ1n) is 9.61. The summed E-state index contributed by atoms with van der Waals surface area (Å²) in [5.74, 6) is 0.700. The Balaban J connectivity index is 1.40. The van der Waals surface area contributed by atoms with Crippen molar-refractivity contribution in [1.29, 1.82) is 0 Å². The molecule has 0 radical (unpaired) electrons. The molecule has 4 heterocycles. The highest BCUT2D eigenvalue weighted by Gasteiger charge is 2.44. The fraction of sp³-hybridized carbons (Fsp3) is 0.350. The molecule has 0 bridgehead atoms. The summed E-state index contributed by atoms with van der Waals surface area (Å²) in [6.07, 6.45) is 7.46. The fourth-order valence-corrected chi connectivity index (χ4v) is 4.20. The number of likely N-dealkylation sites (tertiary alicyclic amines) is 1. The van der Waals surface area contributed by atoms with E-state index in [0.717, 1.165) is 24.5 Å². The van der Waals surface area contributed by atoms with Crippen molar-refractivity contribution in [3.05, 3.63) is 60.1 Å². The summed E-state index contributed by atoms with van der Waals surface area (Å²) in [5.41, 5.74) is 1.60. The maximum atomic E-state index is 13.9. The lowest BCUT2D eigenvalue weighted by Gasteiger charge is -2.53. The lowest BCUT2D eigenvalue weighted by atomic mass is 9.82. The van der Waals surface area contributed by atoms with Crippen LogP contribution in [0.15, 0.2) is 43.0 Å². The molecule has 1 aromatic carbocycles. The van der Waals surface area contributed by atoms with E-state index < -0.39 is 5.82 Å². The molecule has 2 atom stereocenters. The van der Waals surface area contributed by atoms with Gasteiger partial charge in [0.15, 0.2) is 0 Å². The van der Waals surface area contributed by atoms with Crippen LogP contribution in [0.4, 0.5) is 10.2 Å². The zero-order chi connectivity index (χ0) is 20.0. The molecule has 2 aliphatic rings. The van der Waals surface area contributed by atoms with Crippen LogP contribution in [-0.2, 0) is 0 Å². The van der Waals surface area contributed by atoms with E-state index in [0.29, 0.717) is 24.7 Å².